The third-order valence-electron chi connectivity index (χ3n) is 2.42. The maximum Gasteiger partial charge on any atom is 0.152 e. The van der Waals surface area contributed by atoms with Gasteiger partial charge in [-0.15, -0.1) is 0 Å². The van der Waals surface area contributed by atoms with Crippen LogP contribution in [0.2, 0.25) is 0 Å². The van der Waals surface area contributed by atoms with Gasteiger partial charge < -0.3 is 10.1 Å². The zero-order chi connectivity index (χ0) is 14.3. The van der Waals surface area contributed by atoms with Crippen molar-refractivity contribution in [1.29, 1.82) is 0 Å². The standard InChI is InChI=1S/C15H20FNO2.H2/c1-4-17-10-12(3)19-15-8-13(6-5-11(2)18)7-14(16)9-15;/h5-9,12,17H,4,10H2,1-3H3;1H/b6-5+;/t12-;/m1./s1. The normalized spacial score (nSPS) is 12.6. The predicted octanol–water partition coefficient (Wildman–Crippen LogP) is 3.05. The molecule has 0 bridgehead atoms. The Hall–Kier alpha value is -1.68. The van der Waals surface area contributed by atoms with E-state index < -0.39 is 0 Å². The van der Waals surface area contributed by atoms with Crippen molar-refractivity contribution in [2.45, 2.75) is 26.9 Å². The molecule has 0 unspecified atom stereocenters. The SMILES string of the molecule is CCNC[C@@H](C)Oc1cc(F)cc(/C=C/C(C)=O)c1.[HH]. The summed E-state index contributed by atoms with van der Waals surface area (Å²) in [5.74, 6) is 0.0113. The van der Waals surface area contributed by atoms with Crippen LogP contribution < -0.4 is 10.1 Å². The van der Waals surface area contributed by atoms with Gasteiger partial charge in [0.2, 0.25) is 0 Å². The highest BCUT2D eigenvalue weighted by Crippen LogP contribution is 2.18. The Labute approximate surface area is 115 Å². The Morgan fingerprint density at radius 2 is 2.26 bits per heavy atom. The molecule has 1 aromatic carbocycles. The summed E-state index contributed by atoms with van der Waals surface area (Å²) in [4.78, 5) is 10.9. The highest BCUT2D eigenvalue weighted by molar-refractivity contribution is 5.91. The molecule has 0 aromatic heterocycles. The van der Waals surface area contributed by atoms with E-state index >= 15 is 0 Å². The number of nitrogens with one attached hydrogen (secondary N) is 1. The average Bonchev–Trinajstić information content (AvgIpc) is 2.33. The molecule has 0 saturated heterocycles. The summed E-state index contributed by atoms with van der Waals surface area (Å²) in [6, 6.07) is 4.42. The van der Waals surface area contributed by atoms with Gasteiger partial charge in [-0.2, -0.15) is 0 Å². The van der Waals surface area contributed by atoms with E-state index in [1.165, 1.54) is 25.1 Å². The van der Waals surface area contributed by atoms with Crippen molar-refractivity contribution in [1.82, 2.24) is 5.32 Å². The highest BCUT2D eigenvalue weighted by Gasteiger charge is 2.05. The van der Waals surface area contributed by atoms with Crippen LogP contribution in [-0.2, 0) is 4.79 Å². The molecule has 1 atom stereocenters. The number of hydrogen-bond donors (Lipinski definition) is 1. The Morgan fingerprint density at radius 3 is 2.89 bits per heavy atom. The molecule has 0 fully saturated rings. The molecule has 19 heavy (non-hydrogen) atoms. The van der Waals surface area contributed by atoms with E-state index in [1.54, 1.807) is 12.1 Å². The van der Waals surface area contributed by atoms with E-state index in [1.807, 2.05) is 13.8 Å². The zero-order valence-electron chi connectivity index (χ0n) is 11.6. The van der Waals surface area contributed by atoms with E-state index in [0.29, 0.717) is 17.9 Å². The largest absolute Gasteiger partial charge is 0.489 e. The number of hydrogen-bond acceptors (Lipinski definition) is 3. The summed E-state index contributed by atoms with van der Waals surface area (Å²) in [6.45, 7) is 6.94. The second kappa shape index (κ2) is 7.69. The van der Waals surface area contributed by atoms with Crippen molar-refractivity contribution in [3.05, 3.63) is 35.7 Å². The monoisotopic (exact) mass is 267 g/mol. The fourth-order valence-electron chi connectivity index (χ4n) is 1.58. The Bertz CT molecular complexity index is 463. The summed E-state index contributed by atoms with van der Waals surface area (Å²) in [5, 5.41) is 3.16. The molecule has 1 rings (SSSR count). The molecule has 106 valence electrons. The van der Waals surface area contributed by atoms with Crippen molar-refractivity contribution in [2.75, 3.05) is 13.1 Å². The molecule has 0 aliphatic carbocycles. The topological polar surface area (TPSA) is 38.3 Å². The van der Waals surface area contributed by atoms with Crippen LogP contribution in [0.4, 0.5) is 4.39 Å². The average molecular weight is 267 g/mol. The molecular weight excluding hydrogens is 245 g/mol. The van der Waals surface area contributed by atoms with Crippen molar-refractivity contribution in [3.63, 3.8) is 0 Å². The van der Waals surface area contributed by atoms with E-state index in [4.69, 9.17) is 4.74 Å². The minimum atomic E-state index is -0.378. The number of halogens is 1. The summed E-state index contributed by atoms with van der Waals surface area (Å²) >= 11 is 0. The van der Waals surface area contributed by atoms with Gasteiger partial charge in [-0.05, 0) is 44.2 Å². The molecule has 0 radical (unpaired) electrons. The molecule has 0 aliphatic heterocycles. The summed E-state index contributed by atoms with van der Waals surface area (Å²) in [6.07, 6.45) is 2.93. The first-order valence-electron chi connectivity index (χ1n) is 6.38. The number of ketones is 1. The molecule has 0 aliphatic rings. The maximum atomic E-state index is 13.4. The van der Waals surface area contributed by atoms with Crippen LogP contribution in [0.15, 0.2) is 24.3 Å². The first-order chi connectivity index (χ1) is 9.01. The number of benzene rings is 1. The lowest BCUT2D eigenvalue weighted by Gasteiger charge is -2.15. The Morgan fingerprint density at radius 1 is 1.53 bits per heavy atom. The molecule has 0 heterocycles. The van der Waals surface area contributed by atoms with Gasteiger partial charge in [0.25, 0.3) is 0 Å². The Kier molecular flexibility index (Phi) is 6.22. The second-order valence-corrected chi connectivity index (χ2v) is 4.40. The lowest BCUT2D eigenvalue weighted by Crippen LogP contribution is -2.28. The van der Waals surface area contributed by atoms with Gasteiger partial charge in [-0.25, -0.2) is 4.39 Å². The molecule has 0 saturated carbocycles. The minimum Gasteiger partial charge on any atom is -0.489 e. The molecule has 3 nitrogen and oxygen atoms in total. The molecule has 0 amide bonds. The lowest BCUT2D eigenvalue weighted by atomic mass is 10.2. The van der Waals surface area contributed by atoms with Gasteiger partial charge in [-0.3, -0.25) is 4.79 Å². The first kappa shape index (κ1) is 15.4. The Balaban J connectivity index is 0.00000361. The van der Waals surface area contributed by atoms with E-state index in [0.717, 1.165) is 6.54 Å². The van der Waals surface area contributed by atoms with Crippen LogP contribution in [0.5, 0.6) is 5.75 Å². The number of carbonyl (C=O) groups excluding carboxylic acids is 1. The third-order valence-corrected chi connectivity index (χ3v) is 2.42. The maximum absolute atomic E-state index is 13.4. The van der Waals surface area contributed by atoms with Crippen LogP contribution in [-0.4, -0.2) is 25.0 Å². The predicted molar refractivity (Wildman–Crippen MR) is 76.9 cm³/mol. The third kappa shape index (κ3) is 6.15. The fourth-order valence-corrected chi connectivity index (χ4v) is 1.58. The van der Waals surface area contributed by atoms with Crippen molar-refractivity contribution < 1.29 is 15.3 Å². The number of carbonyl (C=O) groups is 1. The molecule has 1 N–H and O–H groups in total. The van der Waals surface area contributed by atoms with Gasteiger partial charge in [0.1, 0.15) is 17.7 Å². The van der Waals surface area contributed by atoms with Crippen LogP contribution >= 0.6 is 0 Å². The number of allylic oxidation sites excluding steroid dienone is 1. The van der Waals surface area contributed by atoms with Crippen LogP contribution in [0, 0.1) is 5.82 Å². The van der Waals surface area contributed by atoms with Gasteiger partial charge in [0.05, 0.1) is 0 Å². The summed E-state index contributed by atoms with van der Waals surface area (Å²) in [7, 11) is 0. The molecular formula is C15H22FNO2. The van der Waals surface area contributed by atoms with E-state index in [-0.39, 0.29) is 19.1 Å². The van der Waals surface area contributed by atoms with Crippen LogP contribution in [0.1, 0.15) is 27.8 Å². The van der Waals surface area contributed by atoms with Crippen molar-refractivity contribution >= 4 is 11.9 Å². The van der Waals surface area contributed by atoms with Gasteiger partial charge in [-0.1, -0.05) is 13.0 Å². The lowest BCUT2D eigenvalue weighted by molar-refractivity contribution is -0.112. The van der Waals surface area contributed by atoms with Crippen LogP contribution in [0.3, 0.4) is 0 Å². The van der Waals surface area contributed by atoms with Gasteiger partial charge in [0, 0.05) is 14.0 Å². The van der Waals surface area contributed by atoms with Gasteiger partial charge >= 0.3 is 0 Å². The van der Waals surface area contributed by atoms with Gasteiger partial charge in [0.15, 0.2) is 5.78 Å². The van der Waals surface area contributed by atoms with E-state index in [9.17, 15) is 9.18 Å². The molecule has 0 spiro atoms. The highest BCUT2D eigenvalue weighted by atomic mass is 19.1. The van der Waals surface area contributed by atoms with Crippen LogP contribution in [0.25, 0.3) is 6.08 Å². The van der Waals surface area contributed by atoms with Crippen molar-refractivity contribution in [2.24, 2.45) is 0 Å². The minimum absolute atomic E-state index is 0. The van der Waals surface area contributed by atoms with Crippen molar-refractivity contribution in [3.8, 4) is 5.75 Å². The molecule has 4 heteroatoms. The summed E-state index contributed by atoms with van der Waals surface area (Å²) < 4.78 is 19.1. The second-order valence-electron chi connectivity index (χ2n) is 4.40. The smallest absolute Gasteiger partial charge is 0.152 e. The number of ether oxygens (including phenoxy) is 1. The number of likely N-dealkylation sites (N-methyl/N-ethyl adjacent to an activating group) is 1. The first-order valence-corrected chi connectivity index (χ1v) is 6.38. The number of rotatable bonds is 7. The fraction of sp³-hybridized carbons (Fsp3) is 0.400. The zero-order valence-corrected chi connectivity index (χ0v) is 11.6. The summed E-state index contributed by atoms with van der Waals surface area (Å²) in [5.41, 5.74) is 0.612. The molecule has 1 aromatic rings. The quantitative estimate of drug-likeness (QED) is 0.772. The van der Waals surface area contributed by atoms with E-state index in [2.05, 4.69) is 5.32 Å².